The largest absolute Gasteiger partial charge is 0.316 e. The zero-order chi connectivity index (χ0) is 11.9. The van der Waals surface area contributed by atoms with E-state index < -0.39 is 0 Å². The zero-order valence-corrected chi connectivity index (χ0v) is 11.4. The van der Waals surface area contributed by atoms with Crippen LogP contribution in [0.3, 0.4) is 0 Å². The van der Waals surface area contributed by atoms with E-state index in [1.165, 1.54) is 45.1 Å². The second kappa shape index (κ2) is 7.29. The second-order valence-corrected chi connectivity index (χ2v) is 6.01. The Bertz CT molecular complexity index is 172. The topological polar surface area (TPSA) is 24.1 Å². The summed E-state index contributed by atoms with van der Waals surface area (Å²) in [5, 5.41) is 7.08. The monoisotopic (exact) mass is 226 g/mol. The fourth-order valence-electron chi connectivity index (χ4n) is 2.58. The Kier molecular flexibility index (Phi) is 6.37. The number of nitrogens with one attached hydrogen (secondary N) is 2. The van der Waals surface area contributed by atoms with Gasteiger partial charge in [-0.1, -0.05) is 40.0 Å². The maximum Gasteiger partial charge on any atom is 0.00103 e. The van der Waals surface area contributed by atoms with Gasteiger partial charge >= 0.3 is 0 Å². The van der Waals surface area contributed by atoms with E-state index >= 15 is 0 Å². The molecule has 0 bridgehead atoms. The number of hydrogen-bond acceptors (Lipinski definition) is 2. The van der Waals surface area contributed by atoms with Crippen molar-refractivity contribution in [3.8, 4) is 0 Å². The first kappa shape index (κ1) is 14.0. The van der Waals surface area contributed by atoms with Crippen LogP contribution < -0.4 is 10.6 Å². The summed E-state index contributed by atoms with van der Waals surface area (Å²) in [5.74, 6) is 0. The molecule has 2 heteroatoms. The standard InChI is InChI=1S/C14H30N2/c1-13(2)16-11-7-10-15-12-14(3)8-5-4-6-9-14/h13,15-16H,4-12H2,1-3H3. The van der Waals surface area contributed by atoms with Crippen molar-refractivity contribution in [2.75, 3.05) is 19.6 Å². The molecule has 0 spiro atoms. The Hall–Kier alpha value is -0.0800. The lowest BCUT2D eigenvalue weighted by Crippen LogP contribution is -2.35. The van der Waals surface area contributed by atoms with Gasteiger partial charge in [0.2, 0.25) is 0 Å². The maximum absolute atomic E-state index is 3.63. The Balaban J connectivity index is 1.97. The van der Waals surface area contributed by atoms with Gasteiger partial charge in [0.25, 0.3) is 0 Å². The van der Waals surface area contributed by atoms with Gasteiger partial charge in [-0.2, -0.15) is 0 Å². The minimum absolute atomic E-state index is 0.587. The molecule has 0 amide bonds. The third kappa shape index (κ3) is 5.86. The molecule has 0 atom stereocenters. The highest BCUT2D eigenvalue weighted by atomic mass is 14.9. The van der Waals surface area contributed by atoms with Gasteiger partial charge in [0.1, 0.15) is 0 Å². The minimum atomic E-state index is 0.587. The summed E-state index contributed by atoms with van der Waals surface area (Å²) < 4.78 is 0. The van der Waals surface area contributed by atoms with Crippen molar-refractivity contribution >= 4 is 0 Å². The number of hydrogen-bond donors (Lipinski definition) is 2. The fraction of sp³-hybridized carbons (Fsp3) is 1.00. The Morgan fingerprint density at radius 2 is 1.75 bits per heavy atom. The molecule has 1 rings (SSSR count). The lowest BCUT2D eigenvalue weighted by Gasteiger charge is -2.33. The number of rotatable bonds is 7. The maximum atomic E-state index is 3.63. The van der Waals surface area contributed by atoms with Crippen molar-refractivity contribution in [1.29, 1.82) is 0 Å². The summed E-state index contributed by atoms with van der Waals surface area (Å²) in [6.45, 7) is 10.4. The Morgan fingerprint density at radius 1 is 1.06 bits per heavy atom. The summed E-state index contributed by atoms with van der Waals surface area (Å²) in [5.41, 5.74) is 0.587. The molecule has 96 valence electrons. The van der Waals surface area contributed by atoms with E-state index in [0.29, 0.717) is 11.5 Å². The average molecular weight is 226 g/mol. The van der Waals surface area contributed by atoms with Crippen LogP contribution >= 0.6 is 0 Å². The third-order valence-corrected chi connectivity index (χ3v) is 3.70. The van der Waals surface area contributed by atoms with Gasteiger partial charge in [-0.05, 0) is 37.8 Å². The zero-order valence-electron chi connectivity index (χ0n) is 11.4. The van der Waals surface area contributed by atoms with Gasteiger partial charge in [-0.15, -0.1) is 0 Å². The third-order valence-electron chi connectivity index (χ3n) is 3.70. The van der Waals surface area contributed by atoms with Crippen LogP contribution in [0.2, 0.25) is 0 Å². The van der Waals surface area contributed by atoms with E-state index in [1.54, 1.807) is 0 Å². The second-order valence-electron chi connectivity index (χ2n) is 6.01. The van der Waals surface area contributed by atoms with Crippen molar-refractivity contribution < 1.29 is 0 Å². The quantitative estimate of drug-likeness (QED) is 0.652. The first-order valence-corrected chi connectivity index (χ1v) is 7.06. The molecule has 1 aliphatic carbocycles. The molecular formula is C14H30N2. The molecule has 0 saturated heterocycles. The highest BCUT2D eigenvalue weighted by Crippen LogP contribution is 2.34. The molecule has 0 aromatic rings. The Morgan fingerprint density at radius 3 is 2.38 bits per heavy atom. The summed E-state index contributed by atoms with van der Waals surface area (Å²) in [6, 6.07) is 0.621. The van der Waals surface area contributed by atoms with Crippen LogP contribution in [0.1, 0.15) is 59.3 Å². The highest BCUT2D eigenvalue weighted by Gasteiger charge is 2.25. The summed E-state index contributed by atoms with van der Waals surface area (Å²) >= 11 is 0. The first-order valence-electron chi connectivity index (χ1n) is 7.06. The van der Waals surface area contributed by atoms with E-state index in [9.17, 15) is 0 Å². The highest BCUT2D eigenvalue weighted by molar-refractivity contribution is 4.80. The molecule has 0 radical (unpaired) electrons. The normalized spacial score (nSPS) is 20.2. The van der Waals surface area contributed by atoms with Gasteiger partial charge in [0.05, 0.1) is 0 Å². The Labute approximate surface area is 102 Å². The van der Waals surface area contributed by atoms with E-state index in [-0.39, 0.29) is 0 Å². The van der Waals surface area contributed by atoms with Gasteiger partial charge in [0.15, 0.2) is 0 Å². The van der Waals surface area contributed by atoms with Gasteiger partial charge in [-0.25, -0.2) is 0 Å². The lowest BCUT2D eigenvalue weighted by atomic mass is 9.76. The molecular weight excluding hydrogens is 196 g/mol. The molecule has 0 unspecified atom stereocenters. The molecule has 16 heavy (non-hydrogen) atoms. The van der Waals surface area contributed by atoms with Crippen LogP contribution in [0.5, 0.6) is 0 Å². The van der Waals surface area contributed by atoms with Crippen molar-refractivity contribution in [3.05, 3.63) is 0 Å². The van der Waals surface area contributed by atoms with Crippen molar-refractivity contribution in [2.24, 2.45) is 5.41 Å². The van der Waals surface area contributed by atoms with Gasteiger partial charge < -0.3 is 10.6 Å². The van der Waals surface area contributed by atoms with Crippen molar-refractivity contribution in [1.82, 2.24) is 10.6 Å². The van der Waals surface area contributed by atoms with Gasteiger partial charge in [-0.3, -0.25) is 0 Å². The first-order chi connectivity index (χ1) is 7.62. The van der Waals surface area contributed by atoms with Crippen molar-refractivity contribution in [2.45, 2.75) is 65.3 Å². The van der Waals surface area contributed by atoms with Crippen LogP contribution in [-0.4, -0.2) is 25.7 Å². The van der Waals surface area contributed by atoms with E-state index in [2.05, 4.69) is 31.4 Å². The predicted molar refractivity (Wildman–Crippen MR) is 71.8 cm³/mol. The summed E-state index contributed by atoms with van der Waals surface area (Å²) in [4.78, 5) is 0. The molecule has 1 fully saturated rings. The van der Waals surface area contributed by atoms with Crippen LogP contribution in [-0.2, 0) is 0 Å². The SMILES string of the molecule is CC(C)NCCCNCC1(C)CCCCC1. The van der Waals surface area contributed by atoms with Gasteiger partial charge in [0, 0.05) is 12.6 Å². The molecule has 0 aromatic carbocycles. The average Bonchev–Trinajstić information content (AvgIpc) is 2.24. The smallest absolute Gasteiger partial charge is 0.00103 e. The fourth-order valence-corrected chi connectivity index (χ4v) is 2.58. The van der Waals surface area contributed by atoms with Crippen molar-refractivity contribution in [3.63, 3.8) is 0 Å². The molecule has 0 heterocycles. The molecule has 1 saturated carbocycles. The van der Waals surface area contributed by atoms with Crippen LogP contribution in [0, 0.1) is 5.41 Å². The molecule has 2 N–H and O–H groups in total. The van der Waals surface area contributed by atoms with E-state index in [1.807, 2.05) is 0 Å². The van der Waals surface area contributed by atoms with E-state index in [0.717, 1.165) is 13.1 Å². The lowest BCUT2D eigenvalue weighted by molar-refractivity contribution is 0.208. The summed E-state index contributed by atoms with van der Waals surface area (Å²) in [6.07, 6.45) is 8.41. The van der Waals surface area contributed by atoms with Crippen LogP contribution in [0.25, 0.3) is 0 Å². The predicted octanol–water partition coefficient (Wildman–Crippen LogP) is 2.93. The van der Waals surface area contributed by atoms with Crippen LogP contribution in [0.15, 0.2) is 0 Å². The molecule has 0 aliphatic heterocycles. The minimum Gasteiger partial charge on any atom is -0.316 e. The molecule has 2 nitrogen and oxygen atoms in total. The van der Waals surface area contributed by atoms with Crippen LogP contribution in [0.4, 0.5) is 0 Å². The summed E-state index contributed by atoms with van der Waals surface area (Å²) in [7, 11) is 0. The van der Waals surface area contributed by atoms with E-state index in [4.69, 9.17) is 0 Å². The molecule has 1 aliphatic rings. The molecule has 0 aromatic heterocycles.